The summed E-state index contributed by atoms with van der Waals surface area (Å²) in [6.07, 6.45) is 1.52. The lowest BCUT2D eigenvalue weighted by molar-refractivity contribution is 0.801. The van der Waals surface area contributed by atoms with Crippen LogP contribution in [0.1, 0.15) is 22.5 Å². The van der Waals surface area contributed by atoms with Crippen LogP contribution in [0.15, 0.2) is 42.7 Å². The van der Waals surface area contributed by atoms with Gasteiger partial charge < -0.3 is 5.32 Å². The molecular formula is C20H21N7. The van der Waals surface area contributed by atoms with Gasteiger partial charge in [-0.3, -0.25) is 5.10 Å². The molecule has 0 fully saturated rings. The highest BCUT2D eigenvalue weighted by Crippen LogP contribution is 2.27. The summed E-state index contributed by atoms with van der Waals surface area (Å²) in [5, 5.41) is 15.3. The molecule has 4 aromatic rings. The van der Waals surface area contributed by atoms with E-state index in [1.165, 1.54) is 11.9 Å². The summed E-state index contributed by atoms with van der Waals surface area (Å²) in [6.45, 7) is 8.07. The Bertz CT molecular complexity index is 1090. The third-order valence-electron chi connectivity index (χ3n) is 4.48. The fourth-order valence-corrected chi connectivity index (χ4v) is 3.03. The Hall–Kier alpha value is -3.48. The molecule has 0 radical (unpaired) electrons. The van der Waals surface area contributed by atoms with Crippen LogP contribution in [0.3, 0.4) is 0 Å². The van der Waals surface area contributed by atoms with E-state index in [9.17, 15) is 0 Å². The van der Waals surface area contributed by atoms with Gasteiger partial charge in [0.2, 0.25) is 0 Å². The van der Waals surface area contributed by atoms with Gasteiger partial charge in [0, 0.05) is 17.3 Å². The summed E-state index contributed by atoms with van der Waals surface area (Å²) >= 11 is 0. The number of hydrogen-bond acceptors (Lipinski definition) is 5. The van der Waals surface area contributed by atoms with Gasteiger partial charge in [0.25, 0.3) is 0 Å². The Morgan fingerprint density at radius 3 is 2.44 bits per heavy atom. The van der Waals surface area contributed by atoms with Crippen molar-refractivity contribution in [3.05, 3.63) is 65.2 Å². The van der Waals surface area contributed by atoms with Crippen molar-refractivity contribution >= 4 is 11.6 Å². The maximum Gasteiger partial charge on any atom is 0.159 e. The van der Waals surface area contributed by atoms with Crippen LogP contribution >= 0.6 is 0 Å². The minimum Gasteiger partial charge on any atom is -0.323 e. The molecule has 0 spiro atoms. The van der Waals surface area contributed by atoms with Crippen LogP contribution in [0, 0.1) is 27.7 Å². The van der Waals surface area contributed by atoms with E-state index in [-0.39, 0.29) is 0 Å². The van der Waals surface area contributed by atoms with Gasteiger partial charge in [-0.2, -0.15) is 10.2 Å². The molecule has 2 N–H and O–H groups in total. The fourth-order valence-electron chi connectivity index (χ4n) is 3.03. The van der Waals surface area contributed by atoms with Crippen LogP contribution < -0.4 is 5.32 Å². The molecule has 3 aromatic heterocycles. The van der Waals surface area contributed by atoms with E-state index in [2.05, 4.69) is 61.8 Å². The number of hydrogen-bond donors (Lipinski definition) is 2. The molecule has 0 unspecified atom stereocenters. The molecule has 0 aliphatic rings. The van der Waals surface area contributed by atoms with Crippen molar-refractivity contribution < 1.29 is 0 Å². The zero-order valence-electron chi connectivity index (χ0n) is 15.8. The Morgan fingerprint density at radius 1 is 0.963 bits per heavy atom. The van der Waals surface area contributed by atoms with Gasteiger partial charge in [-0.15, -0.1) is 0 Å². The predicted molar refractivity (Wildman–Crippen MR) is 105 cm³/mol. The second-order valence-electron chi connectivity index (χ2n) is 6.66. The molecule has 0 saturated heterocycles. The maximum absolute atomic E-state index is 4.47. The molecule has 0 atom stereocenters. The Balaban J connectivity index is 1.63. The average molecular weight is 359 g/mol. The second kappa shape index (κ2) is 6.68. The van der Waals surface area contributed by atoms with Crippen molar-refractivity contribution in [3.63, 3.8) is 0 Å². The Morgan fingerprint density at radius 2 is 1.74 bits per heavy atom. The number of H-pyrrole nitrogens is 1. The van der Waals surface area contributed by atoms with Crippen molar-refractivity contribution in [3.8, 4) is 17.1 Å². The topological polar surface area (TPSA) is 84.3 Å². The van der Waals surface area contributed by atoms with Gasteiger partial charge in [-0.05, 0) is 39.3 Å². The zero-order valence-corrected chi connectivity index (χ0v) is 15.8. The molecule has 3 heterocycles. The van der Waals surface area contributed by atoms with Crippen molar-refractivity contribution in [2.45, 2.75) is 27.7 Å². The van der Waals surface area contributed by atoms with Gasteiger partial charge in [0.15, 0.2) is 11.6 Å². The van der Waals surface area contributed by atoms with Crippen LogP contribution in [0.5, 0.6) is 0 Å². The first-order chi connectivity index (χ1) is 13.0. The van der Waals surface area contributed by atoms with Gasteiger partial charge in [-0.1, -0.05) is 29.8 Å². The van der Waals surface area contributed by atoms with Crippen LogP contribution in [0.2, 0.25) is 0 Å². The maximum atomic E-state index is 4.47. The highest BCUT2D eigenvalue weighted by atomic mass is 15.3. The molecule has 0 aliphatic carbocycles. The summed E-state index contributed by atoms with van der Waals surface area (Å²) in [7, 11) is 0. The minimum absolute atomic E-state index is 0.664. The van der Waals surface area contributed by atoms with Crippen LogP contribution in [-0.2, 0) is 0 Å². The number of aromatic amines is 1. The van der Waals surface area contributed by atoms with E-state index in [4.69, 9.17) is 0 Å². The third-order valence-corrected chi connectivity index (χ3v) is 4.48. The summed E-state index contributed by atoms with van der Waals surface area (Å²) in [4.78, 5) is 8.64. The normalized spacial score (nSPS) is 11.0. The molecular weight excluding hydrogens is 338 g/mol. The predicted octanol–water partition coefficient (Wildman–Crippen LogP) is 4.03. The Kier molecular flexibility index (Phi) is 4.19. The number of aryl methyl sites for hydroxylation is 3. The van der Waals surface area contributed by atoms with Gasteiger partial charge >= 0.3 is 0 Å². The Labute approximate surface area is 157 Å². The largest absolute Gasteiger partial charge is 0.323 e. The number of benzene rings is 1. The molecule has 0 amide bonds. The minimum atomic E-state index is 0.664. The molecule has 0 bridgehead atoms. The lowest BCUT2D eigenvalue weighted by atomic mass is 10.1. The van der Waals surface area contributed by atoms with E-state index in [0.29, 0.717) is 11.6 Å². The van der Waals surface area contributed by atoms with E-state index in [1.807, 2.05) is 32.9 Å². The SMILES string of the molecule is Cc1ccc(-c2[nH]nc(Nc3cc(-n4nc(C)cc4C)ncn3)c2C)cc1. The first-order valence-corrected chi connectivity index (χ1v) is 8.76. The monoisotopic (exact) mass is 359 g/mol. The van der Waals surface area contributed by atoms with E-state index in [0.717, 1.165) is 34.0 Å². The van der Waals surface area contributed by atoms with Crippen LogP contribution in [0.25, 0.3) is 17.1 Å². The molecule has 7 heteroatoms. The molecule has 1 aromatic carbocycles. The highest BCUT2D eigenvalue weighted by Gasteiger charge is 2.12. The number of rotatable bonds is 4. The molecule has 0 saturated carbocycles. The van der Waals surface area contributed by atoms with Gasteiger partial charge in [0.1, 0.15) is 12.1 Å². The molecule has 136 valence electrons. The molecule has 7 nitrogen and oxygen atoms in total. The molecule has 4 rings (SSSR count). The first kappa shape index (κ1) is 17.0. The second-order valence-corrected chi connectivity index (χ2v) is 6.66. The highest BCUT2D eigenvalue weighted by molar-refractivity contribution is 5.71. The number of aromatic nitrogens is 6. The summed E-state index contributed by atoms with van der Waals surface area (Å²) in [5.41, 5.74) is 6.33. The van der Waals surface area contributed by atoms with Gasteiger partial charge in [0.05, 0.1) is 11.4 Å². The lowest BCUT2D eigenvalue weighted by Crippen LogP contribution is -2.04. The molecule has 0 aliphatic heterocycles. The number of nitrogens with zero attached hydrogens (tertiary/aromatic N) is 5. The quantitative estimate of drug-likeness (QED) is 0.575. The standard InChI is InChI=1S/C20H21N7/c1-12-5-7-16(8-6-12)19-15(4)20(25-24-19)23-17-10-18(22-11-21-17)27-14(3)9-13(2)26-27/h5-11H,1-4H3,(H2,21,22,23,24,25). The summed E-state index contributed by atoms with van der Waals surface area (Å²) < 4.78 is 1.80. The van der Waals surface area contributed by atoms with E-state index in [1.54, 1.807) is 4.68 Å². The smallest absolute Gasteiger partial charge is 0.159 e. The third kappa shape index (κ3) is 3.31. The first-order valence-electron chi connectivity index (χ1n) is 8.76. The number of anilines is 2. The van der Waals surface area contributed by atoms with E-state index < -0.39 is 0 Å². The summed E-state index contributed by atoms with van der Waals surface area (Å²) in [5.74, 6) is 2.12. The zero-order chi connectivity index (χ0) is 19.0. The van der Waals surface area contributed by atoms with Crippen LogP contribution in [-0.4, -0.2) is 29.9 Å². The lowest BCUT2D eigenvalue weighted by Gasteiger charge is -2.07. The number of nitrogens with one attached hydrogen (secondary N) is 2. The van der Waals surface area contributed by atoms with Crippen molar-refractivity contribution in [2.24, 2.45) is 0 Å². The van der Waals surface area contributed by atoms with Crippen molar-refractivity contribution in [1.82, 2.24) is 29.9 Å². The van der Waals surface area contributed by atoms with Crippen molar-refractivity contribution in [1.29, 1.82) is 0 Å². The average Bonchev–Trinajstić information content (AvgIpc) is 3.18. The molecule has 27 heavy (non-hydrogen) atoms. The van der Waals surface area contributed by atoms with Gasteiger partial charge in [-0.25, -0.2) is 14.6 Å². The fraction of sp³-hybridized carbons (Fsp3) is 0.200. The van der Waals surface area contributed by atoms with E-state index >= 15 is 0 Å². The van der Waals surface area contributed by atoms with Crippen LogP contribution in [0.4, 0.5) is 11.6 Å². The van der Waals surface area contributed by atoms with Crippen molar-refractivity contribution in [2.75, 3.05) is 5.32 Å². The summed E-state index contributed by atoms with van der Waals surface area (Å²) in [6, 6.07) is 12.2.